The molecule has 7 heteroatoms. The number of aliphatic carboxylic acids is 1. The lowest BCUT2D eigenvalue weighted by molar-refractivity contribution is -0.142. The van der Waals surface area contributed by atoms with Crippen LogP contribution < -0.4 is 10.6 Å². The number of carbonyl (C=O) groups is 2. The van der Waals surface area contributed by atoms with Crippen molar-refractivity contribution in [3.05, 3.63) is 24.3 Å². The summed E-state index contributed by atoms with van der Waals surface area (Å²) in [5, 5.41) is 15.0. The summed E-state index contributed by atoms with van der Waals surface area (Å²) < 4.78 is 0.997. The van der Waals surface area contributed by atoms with Crippen molar-refractivity contribution in [3.63, 3.8) is 0 Å². The number of amides is 2. The number of nitrogens with zero attached hydrogens (tertiary/aromatic N) is 1. The molecule has 3 N–H and O–H groups in total. The first-order valence-electron chi connectivity index (χ1n) is 6.79. The second kappa shape index (κ2) is 5.69. The summed E-state index contributed by atoms with van der Waals surface area (Å²) in [5.41, 5.74) is 0.835. The predicted octanol–water partition coefficient (Wildman–Crippen LogP) is 2.67. The molecule has 6 nitrogen and oxygen atoms in total. The Labute approximate surface area is 125 Å². The van der Waals surface area contributed by atoms with Crippen LogP contribution in [0.25, 0.3) is 10.2 Å². The number of aromatic nitrogens is 1. The van der Waals surface area contributed by atoms with Crippen molar-refractivity contribution in [2.75, 3.05) is 5.32 Å². The average molecular weight is 305 g/mol. The molecule has 1 heterocycles. The highest BCUT2D eigenvalue weighted by molar-refractivity contribution is 7.22. The molecule has 1 saturated carbocycles. The van der Waals surface area contributed by atoms with Crippen molar-refractivity contribution >= 4 is 38.7 Å². The largest absolute Gasteiger partial charge is 0.481 e. The Balaban J connectivity index is 1.65. The number of hydrogen-bond donors (Lipinski definition) is 3. The number of anilines is 1. The number of thiazole rings is 1. The Bertz CT molecular complexity index is 652. The van der Waals surface area contributed by atoms with E-state index in [0.717, 1.165) is 16.6 Å². The molecule has 1 aromatic heterocycles. The SMILES string of the molecule is O=C(Nc1nc2ccccc2s1)NC1CCCC1C(=O)O. The predicted molar refractivity (Wildman–Crippen MR) is 80.5 cm³/mol. The minimum absolute atomic E-state index is 0.308. The summed E-state index contributed by atoms with van der Waals surface area (Å²) in [6.45, 7) is 0. The van der Waals surface area contributed by atoms with E-state index in [1.807, 2.05) is 24.3 Å². The van der Waals surface area contributed by atoms with E-state index in [1.54, 1.807) is 0 Å². The smallest absolute Gasteiger partial charge is 0.321 e. The summed E-state index contributed by atoms with van der Waals surface area (Å²) in [4.78, 5) is 27.4. The van der Waals surface area contributed by atoms with Crippen LogP contribution >= 0.6 is 11.3 Å². The molecule has 2 amide bonds. The summed E-state index contributed by atoms with van der Waals surface area (Å²) in [7, 11) is 0. The minimum Gasteiger partial charge on any atom is -0.481 e. The number of benzene rings is 1. The lowest BCUT2D eigenvalue weighted by Gasteiger charge is -2.17. The van der Waals surface area contributed by atoms with Crippen molar-refractivity contribution in [1.82, 2.24) is 10.3 Å². The number of carbonyl (C=O) groups excluding carboxylic acids is 1. The van der Waals surface area contributed by atoms with Crippen molar-refractivity contribution in [2.45, 2.75) is 25.3 Å². The fourth-order valence-corrected chi connectivity index (χ4v) is 3.52. The van der Waals surface area contributed by atoms with Crippen LogP contribution in [0.5, 0.6) is 0 Å². The fourth-order valence-electron chi connectivity index (χ4n) is 2.66. The van der Waals surface area contributed by atoms with Gasteiger partial charge in [-0.05, 0) is 25.0 Å². The van der Waals surface area contributed by atoms with Gasteiger partial charge in [-0.2, -0.15) is 0 Å². The van der Waals surface area contributed by atoms with Gasteiger partial charge in [-0.25, -0.2) is 9.78 Å². The number of hydrogen-bond acceptors (Lipinski definition) is 4. The van der Waals surface area contributed by atoms with Crippen molar-refractivity contribution in [1.29, 1.82) is 0 Å². The summed E-state index contributed by atoms with van der Waals surface area (Å²) in [6, 6.07) is 6.92. The van der Waals surface area contributed by atoms with E-state index in [-0.39, 0.29) is 6.04 Å². The molecule has 2 unspecified atom stereocenters. The van der Waals surface area contributed by atoms with Gasteiger partial charge in [-0.3, -0.25) is 10.1 Å². The Kier molecular flexibility index (Phi) is 3.74. The van der Waals surface area contributed by atoms with Gasteiger partial charge >= 0.3 is 12.0 Å². The molecule has 0 spiro atoms. The molecule has 1 aliphatic carbocycles. The van der Waals surface area contributed by atoms with Crippen molar-refractivity contribution in [2.24, 2.45) is 5.92 Å². The van der Waals surface area contributed by atoms with Gasteiger partial charge < -0.3 is 10.4 Å². The lowest BCUT2D eigenvalue weighted by Crippen LogP contribution is -2.42. The van der Waals surface area contributed by atoms with E-state index < -0.39 is 17.9 Å². The highest BCUT2D eigenvalue weighted by Crippen LogP contribution is 2.27. The topological polar surface area (TPSA) is 91.3 Å². The number of carboxylic acid groups (broad SMARTS) is 1. The first-order valence-corrected chi connectivity index (χ1v) is 7.61. The van der Waals surface area contributed by atoms with E-state index in [9.17, 15) is 9.59 Å². The van der Waals surface area contributed by atoms with E-state index in [2.05, 4.69) is 15.6 Å². The van der Waals surface area contributed by atoms with E-state index in [4.69, 9.17) is 5.11 Å². The fraction of sp³-hybridized carbons (Fsp3) is 0.357. The average Bonchev–Trinajstić information content (AvgIpc) is 3.03. The van der Waals surface area contributed by atoms with Crippen LogP contribution in [-0.2, 0) is 4.79 Å². The number of fused-ring (bicyclic) bond motifs is 1. The van der Waals surface area contributed by atoms with Crippen molar-refractivity contribution in [3.8, 4) is 0 Å². The number of nitrogens with one attached hydrogen (secondary N) is 2. The number of urea groups is 1. The maximum Gasteiger partial charge on any atom is 0.321 e. The van der Waals surface area contributed by atoms with Gasteiger partial charge in [-0.1, -0.05) is 29.9 Å². The van der Waals surface area contributed by atoms with Gasteiger partial charge in [0.1, 0.15) is 0 Å². The normalized spacial score (nSPS) is 21.3. The Hall–Kier alpha value is -2.15. The first-order chi connectivity index (χ1) is 10.1. The summed E-state index contributed by atoms with van der Waals surface area (Å²) in [6.07, 6.45) is 2.13. The monoisotopic (exact) mass is 305 g/mol. The number of para-hydroxylation sites is 1. The maximum atomic E-state index is 12.0. The minimum atomic E-state index is -0.849. The van der Waals surface area contributed by atoms with Crippen LogP contribution in [0.4, 0.5) is 9.93 Å². The van der Waals surface area contributed by atoms with E-state index in [1.165, 1.54) is 11.3 Å². The third-order valence-corrected chi connectivity index (χ3v) is 4.62. The summed E-state index contributed by atoms with van der Waals surface area (Å²) >= 11 is 1.39. The van der Waals surface area contributed by atoms with E-state index in [0.29, 0.717) is 18.0 Å². The van der Waals surface area contributed by atoms with Crippen LogP contribution in [0.2, 0.25) is 0 Å². The molecule has 1 aromatic carbocycles. The maximum absolute atomic E-state index is 12.0. The molecule has 0 radical (unpaired) electrons. The Morgan fingerprint density at radius 2 is 2.10 bits per heavy atom. The number of rotatable bonds is 3. The molecule has 2 aromatic rings. The zero-order chi connectivity index (χ0) is 14.8. The van der Waals surface area contributed by atoms with Crippen LogP contribution in [0.1, 0.15) is 19.3 Å². The molecule has 0 aliphatic heterocycles. The molecule has 0 saturated heterocycles. The van der Waals surface area contributed by atoms with Gasteiger partial charge in [0.2, 0.25) is 0 Å². The molecule has 21 heavy (non-hydrogen) atoms. The second-order valence-corrected chi connectivity index (χ2v) is 6.10. The highest BCUT2D eigenvalue weighted by Gasteiger charge is 2.33. The molecule has 1 fully saturated rings. The zero-order valence-corrected chi connectivity index (χ0v) is 12.0. The van der Waals surface area contributed by atoms with Crippen LogP contribution in [0, 0.1) is 5.92 Å². The molecular formula is C14H15N3O3S. The van der Waals surface area contributed by atoms with Gasteiger partial charge in [-0.15, -0.1) is 0 Å². The standard InChI is InChI=1S/C14H15N3O3S/c18-12(19)8-4-3-6-9(8)15-13(20)17-14-16-10-5-1-2-7-11(10)21-14/h1-2,5,7-9H,3-4,6H2,(H,18,19)(H2,15,16,17,20). The summed E-state index contributed by atoms with van der Waals surface area (Å²) in [5.74, 6) is -1.34. The van der Waals surface area contributed by atoms with Gasteiger partial charge in [0.05, 0.1) is 16.1 Å². The van der Waals surface area contributed by atoms with Crippen LogP contribution in [-0.4, -0.2) is 28.1 Å². The molecule has 1 aliphatic rings. The van der Waals surface area contributed by atoms with Gasteiger partial charge in [0.25, 0.3) is 0 Å². The molecule has 3 rings (SSSR count). The molecule has 110 valence electrons. The first kappa shape index (κ1) is 13.8. The Morgan fingerprint density at radius 1 is 1.29 bits per heavy atom. The Morgan fingerprint density at radius 3 is 2.86 bits per heavy atom. The highest BCUT2D eigenvalue weighted by atomic mass is 32.1. The number of carboxylic acids is 1. The van der Waals surface area contributed by atoms with Crippen LogP contribution in [0.3, 0.4) is 0 Å². The quantitative estimate of drug-likeness (QED) is 0.813. The van der Waals surface area contributed by atoms with Gasteiger partial charge in [0.15, 0.2) is 5.13 Å². The molecular weight excluding hydrogens is 290 g/mol. The zero-order valence-electron chi connectivity index (χ0n) is 11.2. The van der Waals surface area contributed by atoms with E-state index >= 15 is 0 Å². The van der Waals surface area contributed by atoms with Gasteiger partial charge in [0, 0.05) is 6.04 Å². The van der Waals surface area contributed by atoms with Crippen molar-refractivity contribution < 1.29 is 14.7 Å². The second-order valence-electron chi connectivity index (χ2n) is 5.07. The third-order valence-electron chi connectivity index (χ3n) is 3.66. The van der Waals surface area contributed by atoms with Crippen LogP contribution in [0.15, 0.2) is 24.3 Å². The lowest BCUT2D eigenvalue weighted by atomic mass is 10.0. The third kappa shape index (κ3) is 2.97. The molecule has 0 bridgehead atoms. The molecule has 2 atom stereocenters.